The summed E-state index contributed by atoms with van der Waals surface area (Å²) in [6.07, 6.45) is 2.06. The van der Waals surface area contributed by atoms with Gasteiger partial charge in [-0.2, -0.15) is 0 Å². The molecule has 0 aromatic rings. The van der Waals surface area contributed by atoms with Crippen molar-refractivity contribution in [3.05, 3.63) is 0 Å². The maximum atomic E-state index is 11.1. The van der Waals surface area contributed by atoms with Crippen LogP contribution < -0.4 is 11.1 Å². The van der Waals surface area contributed by atoms with Gasteiger partial charge in [-0.15, -0.1) is 12.6 Å². The van der Waals surface area contributed by atoms with E-state index in [-0.39, 0.29) is 42.4 Å². The predicted octanol–water partition coefficient (Wildman–Crippen LogP) is -0.475. The average Bonchev–Trinajstić information content (AvgIpc) is 2.19. The molecule has 0 aliphatic carbocycles. The number of rotatable bonds is 2. The zero-order valence-corrected chi connectivity index (χ0v) is 16.8. The third-order valence-electron chi connectivity index (χ3n) is 1.92. The Hall–Kier alpha value is 0.553. The van der Waals surface area contributed by atoms with Gasteiger partial charge in [0.25, 0.3) is 0 Å². The van der Waals surface area contributed by atoms with E-state index < -0.39 is 0 Å². The Bertz CT molecular complexity index is 208. The van der Waals surface area contributed by atoms with Crippen molar-refractivity contribution in [3.63, 3.8) is 0 Å². The minimum absolute atomic E-state index is 0. The molecule has 0 bridgehead atoms. The van der Waals surface area contributed by atoms with E-state index in [4.69, 9.17) is 10.5 Å². The second kappa shape index (κ2) is 12.0. The summed E-state index contributed by atoms with van der Waals surface area (Å²) < 4.78 is 5.10. The summed E-state index contributed by atoms with van der Waals surface area (Å²) in [5.74, 6) is 0.0587. The van der Waals surface area contributed by atoms with Crippen molar-refractivity contribution in [1.29, 1.82) is 0 Å². The summed E-state index contributed by atoms with van der Waals surface area (Å²) in [6, 6.07) is 0. The van der Waals surface area contributed by atoms with Crippen LogP contribution in [0.2, 0.25) is 0 Å². The number of carbonyl (C=O) groups is 1. The Morgan fingerprint density at radius 2 is 2.25 bits per heavy atom. The fraction of sp³-hybridized carbons (Fsp3) is 0.778. The van der Waals surface area contributed by atoms with E-state index in [0.29, 0.717) is 6.61 Å². The second-order valence-electron chi connectivity index (χ2n) is 3.13. The van der Waals surface area contributed by atoms with Gasteiger partial charge in [-0.05, 0) is 26.3 Å². The molecular formula is C9H21BiN2O2S2. The molecule has 1 aliphatic heterocycles. The zero-order valence-electron chi connectivity index (χ0n) is 9.57. The monoisotopic (exact) mass is 462 g/mol. The Balaban J connectivity index is 0. The zero-order chi connectivity index (χ0) is 11.7. The molecule has 0 aromatic carbocycles. The number of thiol groups is 1. The van der Waals surface area contributed by atoms with Crippen LogP contribution in [0.5, 0.6) is 0 Å². The first-order valence-corrected chi connectivity index (χ1v) is 5.79. The van der Waals surface area contributed by atoms with Gasteiger partial charge in [0.05, 0.1) is 12.5 Å². The SMILES string of the molecule is CCOC(=O)C1CCCNC1.NC(=S)S.[BiH3]. The molecule has 4 nitrogen and oxygen atoms in total. The number of hydrogen-bond acceptors (Lipinski definition) is 4. The van der Waals surface area contributed by atoms with E-state index in [1.807, 2.05) is 6.92 Å². The number of ether oxygens (including phenoxy) is 1. The van der Waals surface area contributed by atoms with Crippen molar-refractivity contribution in [2.45, 2.75) is 19.8 Å². The molecule has 1 unspecified atom stereocenters. The fourth-order valence-corrected chi connectivity index (χ4v) is 1.31. The topological polar surface area (TPSA) is 64.3 Å². The van der Waals surface area contributed by atoms with Crippen LogP contribution in [0.1, 0.15) is 19.8 Å². The predicted molar refractivity (Wildman–Crippen MR) is 77.9 cm³/mol. The molecule has 1 atom stereocenters. The first-order chi connectivity index (χ1) is 7.07. The minimum atomic E-state index is -0.0419. The summed E-state index contributed by atoms with van der Waals surface area (Å²) in [7, 11) is 0. The van der Waals surface area contributed by atoms with E-state index in [0.717, 1.165) is 25.9 Å². The van der Waals surface area contributed by atoms with E-state index in [1.54, 1.807) is 0 Å². The summed E-state index contributed by atoms with van der Waals surface area (Å²) in [4.78, 5) is 11.1. The Morgan fingerprint density at radius 1 is 1.69 bits per heavy atom. The molecule has 1 heterocycles. The van der Waals surface area contributed by atoms with Crippen molar-refractivity contribution >= 4 is 61.3 Å². The number of carbonyl (C=O) groups excluding carboxylic acids is 1. The molecule has 0 radical (unpaired) electrons. The average molecular weight is 462 g/mol. The van der Waals surface area contributed by atoms with E-state index >= 15 is 0 Å². The number of thiocarbonyl (C=S) groups is 1. The standard InChI is InChI=1S/C8H15NO2.CH3NS2.Bi.3H/c1-2-11-8(10)7-4-3-5-9-6-7;2-1(3)4;;;;/h7,9H,2-6H2,1H3;(H3,2,3,4);;;;. The van der Waals surface area contributed by atoms with Gasteiger partial charge in [0, 0.05) is 6.54 Å². The molecule has 0 spiro atoms. The summed E-state index contributed by atoms with van der Waals surface area (Å²) >= 11 is 7.65. The molecule has 0 amide bonds. The third kappa shape index (κ3) is 11.1. The number of nitrogens with one attached hydrogen (secondary N) is 1. The van der Waals surface area contributed by atoms with Gasteiger partial charge in [0.1, 0.15) is 4.32 Å². The van der Waals surface area contributed by atoms with Crippen molar-refractivity contribution in [2.24, 2.45) is 11.7 Å². The van der Waals surface area contributed by atoms with Crippen LogP contribution in [0.4, 0.5) is 0 Å². The Morgan fingerprint density at radius 3 is 2.62 bits per heavy atom. The summed E-state index contributed by atoms with van der Waals surface area (Å²) in [5, 5.41) is 3.17. The first-order valence-electron chi connectivity index (χ1n) is 4.93. The molecular weight excluding hydrogens is 441 g/mol. The molecule has 96 valence electrons. The van der Waals surface area contributed by atoms with Crippen LogP contribution in [-0.2, 0) is 9.53 Å². The molecule has 1 aliphatic rings. The van der Waals surface area contributed by atoms with Gasteiger partial charge in [0.2, 0.25) is 0 Å². The number of hydrogen-bond donors (Lipinski definition) is 3. The van der Waals surface area contributed by atoms with Crippen molar-refractivity contribution in [1.82, 2.24) is 5.32 Å². The Labute approximate surface area is 127 Å². The molecule has 7 heteroatoms. The van der Waals surface area contributed by atoms with Gasteiger partial charge in [-0.25, -0.2) is 0 Å². The quantitative estimate of drug-likeness (QED) is 0.224. The van der Waals surface area contributed by atoms with Gasteiger partial charge < -0.3 is 15.8 Å². The molecule has 0 saturated carbocycles. The van der Waals surface area contributed by atoms with Gasteiger partial charge in [0.15, 0.2) is 0 Å². The van der Waals surface area contributed by atoms with Gasteiger partial charge >= 0.3 is 32.2 Å². The van der Waals surface area contributed by atoms with Crippen LogP contribution in [-0.4, -0.2) is 56.2 Å². The van der Waals surface area contributed by atoms with E-state index in [2.05, 4.69) is 30.2 Å². The normalized spacial score (nSPS) is 18.5. The number of esters is 1. The van der Waals surface area contributed by atoms with E-state index in [9.17, 15) is 4.79 Å². The van der Waals surface area contributed by atoms with Crippen LogP contribution in [0.3, 0.4) is 0 Å². The molecule has 3 N–H and O–H groups in total. The number of piperidine rings is 1. The van der Waals surface area contributed by atoms with Crippen molar-refractivity contribution in [3.8, 4) is 0 Å². The molecule has 16 heavy (non-hydrogen) atoms. The molecule has 1 fully saturated rings. The Kier molecular flexibility index (Phi) is 14.2. The summed E-state index contributed by atoms with van der Waals surface area (Å²) in [5.41, 5.74) is 4.71. The van der Waals surface area contributed by atoms with Crippen LogP contribution in [0.25, 0.3) is 0 Å². The second-order valence-corrected chi connectivity index (χ2v) is 4.36. The molecule has 0 aromatic heterocycles. The third-order valence-corrected chi connectivity index (χ3v) is 1.92. The number of nitrogens with two attached hydrogens (primary N) is 1. The van der Waals surface area contributed by atoms with Crippen molar-refractivity contribution < 1.29 is 9.53 Å². The van der Waals surface area contributed by atoms with Crippen molar-refractivity contribution in [2.75, 3.05) is 19.7 Å². The maximum absolute atomic E-state index is 11.1. The first kappa shape index (κ1) is 18.9. The van der Waals surface area contributed by atoms with E-state index in [1.165, 1.54) is 0 Å². The van der Waals surface area contributed by atoms with Gasteiger partial charge in [-0.1, -0.05) is 12.2 Å². The molecule has 1 saturated heterocycles. The van der Waals surface area contributed by atoms with Gasteiger partial charge in [-0.3, -0.25) is 4.79 Å². The fourth-order valence-electron chi connectivity index (χ4n) is 1.31. The summed E-state index contributed by atoms with van der Waals surface area (Å²) in [6.45, 7) is 4.16. The molecule has 1 rings (SSSR count). The van der Waals surface area contributed by atoms with Crippen LogP contribution in [0.15, 0.2) is 0 Å². The van der Waals surface area contributed by atoms with Crippen LogP contribution >= 0.6 is 24.8 Å². The van der Waals surface area contributed by atoms with Crippen LogP contribution in [0, 0.1) is 5.92 Å².